The summed E-state index contributed by atoms with van der Waals surface area (Å²) < 4.78 is 97.4. The normalized spacial score (nSPS) is 13.4. The fraction of sp³-hybridized carbons (Fsp3) is 1.00. The van der Waals surface area contributed by atoms with E-state index in [1.807, 2.05) is 0 Å². The van der Waals surface area contributed by atoms with E-state index < -0.39 is 46.2 Å². The van der Waals surface area contributed by atoms with Gasteiger partial charge < -0.3 is 36.2 Å². The second-order valence-corrected chi connectivity index (χ2v) is 23.5. The first-order chi connectivity index (χ1) is 20.8. The van der Waals surface area contributed by atoms with E-state index in [-0.39, 0.29) is 77.5 Å². The molecular formula is C26H60O12P6. The average molecular weight is 751 g/mol. The Kier molecular flexibility index (Phi) is 26.3. The number of hydrogen-bond acceptors (Lipinski definition) is 12. The summed E-state index contributed by atoms with van der Waals surface area (Å²) in [6.07, 6.45) is 5.00. The molecule has 12 nitrogen and oxygen atoms in total. The predicted octanol–water partition coefficient (Wildman–Crippen LogP) is 9.01. The largest absolute Gasteiger partial charge is 0.331 e. The van der Waals surface area contributed by atoms with Crippen molar-refractivity contribution in [3.8, 4) is 0 Å². The summed E-state index contributed by atoms with van der Waals surface area (Å²) in [6.45, 7) is 16.5. The molecule has 0 saturated heterocycles. The topological polar surface area (TPSA) is 142 Å². The van der Waals surface area contributed by atoms with E-state index in [0.717, 1.165) is 12.3 Å². The summed E-state index contributed by atoms with van der Waals surface area (Å²) in [5, 5.41) is 0. The molecule has 0 amide bonds. The Balaban J connectivity index is 6.01. The van der Waals surface area contributed by atoms with Gasteiger partial charge in [0.2, 0.25) is 0 Å². The fourth-order valence-corrected chi connectivity index (χ4v) is 20.8. The van der Waals surface area contributed by atoms with Gasteiger partial charge in [-0.3, -0.25) is 18.3 Å². The second-order valence-electron chi connectivity index (χ2n) is 9.36. The Bertz CT molecular complexity index is 744. The Labute approximate surface area is 270 Å². The van der Waals surface area contributed by atoms with Gasteiger partial charge in [0, 0.05) is 0 Å². The summed E-state index contributed by atoms with van der Waals surface area (Å²) in [7, 11) is -14.6. The Hall–Kier alpha value is 1.46. The van der Waals surface area contributed by atoms with Crippen molar-refractivity contribution in [3.05, 3.63) is 0 Å². The maximum Gasteiger partial charge on any atom is 0.331 e. The van der Waals surface area contributed by atoms with Crippen molar-refractivity contribution in [3.63, 3.8) is 0 Å². The van der Waals surface area contributed by atoms with Gasteiger partial charge in [0.25, 0.3) is 0 Å². The Morgan fingerprint density at radius 1 is 0.318 bits per heavy atom. The van der Waals surface area contributed by atoms with Crippen LogP contribution in [0.3, 0.4) is 0 Å². The van der Waals surface area contributed by atoms with Crippen LogP contribution in [0.1, 0.15) is 55.4 Å². The number of rotatable bonds is 31. The summed E-state index contributed by atoms with van der Waals surface area (Å²) in [6, 6.07) is 0. The molecule has 0 spiro atoms. The van der Waals surface area contributed by atoms with Crippen LogP contribution in [0, 0.1) is 0 Å². The third kappa shape index (κ3) is 20.1. The van der Waals surface area contributed by atoms with Crippen LogP contribution in [0.25, 0.3) is 0 Å². The molecule has 0 aromatic rings. The van der Waals surface area contributed by atoms with Crippen LogP contribution in [0.5, 0.6) is 0 Å². The molecule has 0 atom stereocenters. The molecule has 0 aromatic heterocycles. The third-order valence-corrected chi connectivity index (χ3v) is 21.3. The molecule has 0 heterocycles. The molecule has 0 aromatic carbocycles. The SMILES string of the molecule is CCOP(=O)(CCP(CCP(CCP(=O)(OCC)OCC)CCP(=O)(OCC)OCC)CCP(=O)(OCC)OCC)OCC. The molecular weight excluding hydrogens is 690 g/mol. The van der Waals surface area contributed by atoms with Gasteiger partial charge in [0.15, 0.2) is 0 Å². The molecule has 0 aliphatic rings. The first kappa shape index (κ1) is 45.5. The van der Waals surface area contributed by atoms with E-state index in [1.54, 1.807) is 55.4 Å². The summed E-state index contributed by atoms with van der Waals surface area (Å²) in [5.74, 6) is 0. The maximum absolute atomic E-state index is 13.3. The van der Waals surface area contributed by atoms with Gasteiger partial charge in [0.1, 0.15) is 0 Å². The van der Waals surface area contributed by atoms with Gasteiger partial charge in [-0.2, -0.15) is 0 Å². The number of hydrogen-bond donors (Lipinski definition) is 0. The Morgan fingerprint density at radius 3 is 0.614 bits per heavy atom. The standard InChI is InChI=1S/C26H60O12P6/c1-9-31-41(27,32-10-2)23-19-39(20-24-42(28,33-11-3)34-12-4)17-18-40(21-25-43(29,35-13-5)36-14-6)22-26-44(30,37-15-7)38-16-8/h9-26H2,1-8H3. The molecule has 0 N–H and O–H groups in total. The van der Waals surface area contributed by atoms with E-state index in [2.05, 4.69) is 0 Å². The molecule has 0 rings (SSSR count). The highest BCUT2D eigenvalue weighted by molar-refractivity contribution is 7.65. The molecule has 0 bridgehead atoms. The second kappa shape index (κ2) is 25.4. The molecule has 0 aliphatic heterocycles. The zero-order chi connectivity index (χ0) is 33.5. The van der Waals surface area contributed by atoms with E-state index in [1.165, 1.54) is 0 Å². The molecule has 18 heteroatoms. The van der Waals surface area contributed by atoms with Crippen LogP contribution < -0.4 is 0 Å². The smallest absolute Gasteiger partial charge is 0.309 e. The quantitative estimate of drug-likeness (QED) is 0.0624. The summed E-state index contributed by atoms with van der Waals surface area (Å²) in [5.41, 5.74) is 0. The highest BCUT2D eigenvalue weighted by Crippen LogP contribution is 2.57. The lowest BCUT2D eigenvalue weighted by Crippen LogP contribution is -2.12. The minimum absolute atomic E-state index is 0.264. The van der Waals surface area contributed by atoms with Crippen molar-refractivity contribution in [1.82, 2.24) is 0 Å². The molecule has 0 aliphatic carbocycles. The lowest BCUT2D eigenvalue weighted by atomic mass is 10.9. The highest BCUT2D eigenvalue weighted by Gasteiger charge is 2.31. The first-order valence-corrected chi connectivity index (χ1v) is 26.5. The maximum atomic E-state index is 13.3. The fourth-order valence-electron chi connectivity index (χ4n) is 4.25. The minimum Gasteiger partial charge on any atom is -0.309 e. The molecule has 44 heavy (non-hydrogen) atoms. The zero-order valence-electron chi connectivity index (χ0n) is 28.3. The monoisotopic (exact) mass is 750 g/mol. The summed E-state index contributed by atoms with van der Waals surface area (Å²) in [4.78, 5) is 0. The van der Waals surface area contributed by atoms with Gasteiger partial charge in [-0.05, 0) is 92.4 Å². The van der Waals surface area contributed by atoms with Gasteiger partial charge in [-0.15, -0.1) is 15.8 Å². The predicted molar refractivity (Wildman–Crippen MR) is 186 cm³/mol. The molecule has 0 radical (unpaired) electrons. The third-order valence-electron chi connectivity index (χ3n) is 6.10. The van der Waals surface area contributed by atoms with E-state index in [0.29, 0.717) is 24.6 Å². The molecule has 266 valence electrons. The van der Waals surface area contributed by atoms with E-state index >= 15 is 0 Å². The van der Waals surface area contributed by atoms with Crippen molar-refractivity contribution in [2.75, 3.05) is 114 Å². The van der Waals surface area contributed by atoms with Crippen LogP contribution in [0.4, 0.5) is 0 Å². The minimum atomic E-state index is -3.26. The van der Waals surface area contributed by atoms with Crippen molar-refractivity contribution >= 4 is 46.2 Å². The molecule has 0 saturated carbocycles. The molecule has 0 unspecified atom stereocenters. The van der Waals surface area contributed by atoms with Crippen LogP contribution in [0.2, 0.25) is 0 Å². The zero-order valence-corrected chi connectivity index (χ0v) is 33.7. The molecule has 0 fully saturated rings. The van der Waals surface area contributed by atoms with Crippen molar-refractivity contribution in [2.24, 2.45) is 0 Å². The van der Waals surface area contributed by atoms with Gasteiger partial charge in [0.05, 0.1) is 77.5 Å². The first-order valence-electron chi connectivity index (χ1n) is 15.8. The van der Waals surface area contributed by atoms with Crippen LogP contribution in [-0.4, -0.2) is 114 Å². The van der Waals surface area contributed by atoms with E-state index in [4.69, 9.17) is 36.2 Å². The lowest BCUT2D eigenvalue weighted by molar-refractivity contribution is 0.220. The average Bonchev–Trinajstić information content (AvgIpc) is 2.94. The highest BCUT2D eigenvalue weighted by atomic mass is 31.2. The van der Waals surface area contributed by atoms with Crippen LogP contribution in [-0.2, 0) is 54.5 Å². The van der Waals surface area contributed by atoms with Crippen molar-refractivity contribution < 1.29 is 54.5 Å². The van der Waals surface area contributed by atoms with Crippen molar-refractivity contribution in [2.45, 2.75) is 55.4 Å². The van der Waals surface area contributed by atoms with Gasteiger partial charge in [-0.1, -0.05) is 0 Å². The van der Waals surface area contributed by atoms with Gasteiger partial charge >= 0.3 is 30.4 Å². The summed E-state index contributed by atoms with van der Waals surface area (Å²) >= 11 is 0. The van der Waals surface area contributed by atoms with Gasteiger partial charge in [-0.25, -0.2) is 0 Å². The van der Waals surface area contributed by atoms with E-state index in [9.17, 15) is 18.3 Å². The van der Waals surface area contributed by atoms with Crippen LogP contribution >= 0.6 is 46.2 Å². The Morgan fingerprint density at radius 2 is 0.477 bits per heavy atom. The van der Waals surface area contributed by atoms with Crippen molar-refractivity contribution in [1.29, 1.82) is 0 Å². The van der Waals surface area contributed by atoms with Crippen LogP contribution in [0.15, 0.2) is 0 Å². The lowest BCUT2D eigenvalue weighted by Gasteiger charge is -2.27.